The van der Waals surface area contributed by atoms with Gasteiger partial charge in [-0.3, -0.25) is 9.89 Å². The molecule has 2 N–H and O–H groups in total. The number of nitrogens with zero attached hydrogens (tertiary/aromatic N) is 2. The van der Waals surface area contributed by atoms with E-state index in [4.69, 9.17) is 9.73 Å². The highest BCUT2D eigenvalue weighted by atomic mass is 19.1. The van der Waals surface area contributed by atoms with Crippen molar-refractivity contribution in [2.45, 2.75) is 31.6 Å². The van der Waals surface area contributed by atoms with Crippen LogP contribution in [-0.4, -0.2) is 63.3 Å². The molecule has 0 amide bonds. The van der Waals surface area contributed by atoms with Crippen molar-refractivity contribution >= 4 is 5.96 Å². The first kappa shape index (κ1) is 19.1. The Morgan fingerprint density at radius 2 is 1.92 bits per heavy atom. The number of nitrogens with one attached hydrogen (secondary N) is 2. The minimum absolute atomic E-state index is 0.101. The van der Waals surface area contributed by atoms with Gasteiger partial charge in [0.25, 0.3) is 0 Å². The largest absolute Gasteiger partial charge is 0.379 e. The molecule has 0 unspecified atom stereocenters. The number of ether oxygens (including phenoxy) is 1. The Hall–Kier alpha value is -1.66. The van der Waals surface area contributed by atoms with Gasteiger partial charge in [0, 0.05) is 31.6 Å². The van der Waals surface area contributed by atoms with Crippen LogP contribution < -0.4 is 10.6 Å². The predicted octanol–water partition coefficient (Wildman–Crippen LogP) is 2.13. The maximum Gasteiger partial charge on any atom is 0.191 e. The van der Waals surface area contributed by atoms with Crippen LogP contribution in [0.4, 0.5) is 4.39 Å². The smallest absolute Gasteiger partial charge is 0.191 e. The van der Waals surface area contributed by atoms with Crippen molar-refractivity contribution in [3.05, 3.63) is 35.6 Å². The molecule has 26 heavy (non-hydrogen) atoms. The second-order valence-electron chi connectivity index (χ2n) is 7.22. The Kier molecular flexibility index (Phi) is 6.86. The SMILES string of the molecule is CCNC(=NCC1(c2ccc(F)cc2)CC1)NCCCN1CCOCC1. The lowest BCUT2D eigenvalue weighted by atomic mass is 9.96. The molecule has 1 aromatic carbocycles. The molecule has 0 aromatic heterocycles. The molecule has 6 heteroatoms. The number of morpholine rings is 1. The van der Waals surface area contributed by atoms with Crippen molar-refractivity contribution in [2.75, 3.05) is 52.5 Å². The summed E-state index contributed by atoms with van der Waals surface area (Å²) in [7, 11) is 0. The average Bonchev–Trinajstić information content (AvgIpc) is 3.46. The van der Waals surface area contributed by atoms with Crippen molar-refractivity contribution in [1.82, 2.24) is 15.5 Å². The molecule has 2 fully saturated rings. The minimum atomic E-state index is -0.177. The molecule has 5 nitrogen and oxygen atoms in total. The average molecular weight is 362 g/mol. The molecule has 1 aliphatic heterocycles. The zero-order chi connectivity index (χ0) is 18.2. The number of guanidine groups is 1. The highest BCUT2D eigenvalue weighted by Crippen LogP contribution is 2.48. The Bertz CT molecular complexity index is 580. The van der Waals surface area contributed by atoms with Crippen molar-refractivity contribution in [2.24, 2.45) is 4.99 Å². The number of halogens is 1. The standard InChI is InChI=1S/C20H31FN4O/c1-2-22-19(23-10-3-11-25-12-14-26-15-13-25)24-16-20(8-9-20)17-4-6-18(21)7-5-17/h4-7H,2-3,8-16H2,1H3,(H2,22,23,24). The third-order valence-corrected chi connectivity index (χ3v) is 5.24. The van der Waals surface area contributed by atoms with Crippen molar-refractivity contribution in [3.63, 3.8) is 0 Å². The zero-order valence-electron chi connectivity index (χ0n) is 15.8. The van der Waals surface area contributed by atoms with Gasteiger partial charge in [0.15, 0.2) is 5.96 Å². The summed E-state index contributed by atoms with van der Waals surface area (Å²) in [6.07, 6.45) is 3.34. The Morgan fingerprint density at radius 1 is 1.19 bits per heavy atom. The van der Waals surface area contributed by atoms with E-state index in [2.05, 4.69) is 22.5 Å². The summed E-state index contributed by atoms with van der Waals surface area (Å²) in [5.41, 5.74) is 1.30. The van der Waals surface area contributed by atoms with E-state index < -0.39 is 0 Å². The van der Waals surface area contributed by atoms with Gasteiger partial charge in [-0.2, -0.15) is 0 Å². The van der Waals surface area contributed by atoms with E-state index in [-0.39, 0.29) is 11.2 Å². The fraction of sp³-hybridized carbons (Fsp3) is 0.650. The first-order valence-corrected chi connectivity index (χ1v) is 9.80. The van der Waals surface area contributed by atoms with Crippen LogP contribution in [0.5, 0.6) is 0 Å². The van der Waals surface area contributed by atoms with Crippen LogP contribution in [0, 0.1) is 5.82 Å². The van der Waals surface area contributed by atoms with E-state index in [1.54, 1.807) is 12.1 Å². The van der Waals surface area contributed by atoms with E-state index in [1.165, 1.54) is 5.56 Å². The molecule has 3 rings (SSSR count). The molecule has 1 saturated heterocycles. The van der Waals surface area contributed by atoms with Crippen molar-refractivity contribution < 1.29 is 9.13 Å². The van der Waals surface area contributed by atoms with Crippen molar-refractivity contribution in [3.8, 4) is 0 Å². The molecular weight excluding hydrogens is 331 g/mol. The van der Waals surface area contributed by atoms with Crippen LogP contribution in [0.25, 0.3) is 0 Å². The van der Waals surface area contributed by atoms with E-state index in [1.807, 2.05) is 12.1 Å². The number of benzene rings is 1. The fourth-order valence-corrected chi connectivity index (χ4v) is 3.40. The van der Waals surface area contributed by atoms with Gasteiger partial charge in [-0.15, -0.1) is 0 Å². The molecule has 0 radical (unpaired) electrons. The fourth-order valence-electron chi connectivity index (χ4n) is 3.40. The van der Waals surface area contributed by atoms with Crippen LogP contribution in [0.15, 0.2) is 29.3 Å². The first-order valence-electron chi connectivity index (χ1n) is 9.80. The van der Waals surface area contributed by atoms with Gasteiger partial charge in [0.2, 0.25) is 0 Å². The van der Waals surface area contributed by atoms with Gasteiger partial charge in [0.05, 0.1) is 19.8 Å². The summed E-state index contributed by atoms with van der Waals surface area (Å²) in [6.45, 7) is 9.45. The van der Waals surface area contributed by atoms with Gasteiger partial charge >= 0.3 is 0 Å². The van der Waals surface area contributed by atoms with Gasteiger partial charge in [-0.25, -0.2) is 4.39 Å². The monoisotopic (exact) mass is 362 g/mol. The second kappa shape index (κ2) is 9.33. The third kappa shape index (κ3) is 5.42. The summed E-state index contributed by atoms with van der Waals surface area (Å²) >= 11 is 0. The molecule has 2 aliphatic rings. The van der Waals surface area contributed by atoms with E-state index in [0.717, 1.165) is 77.7 Å². The first-order chi connectivity index (χ1) is 12.7. The summed E-state index contributed by atoms with van der Waals surface area (Å²) in [5, 5.41) is 6.77. The highest BCUT2D eigenvalue weighted by Gasteiger charge is 2.44. The lowest BCUT2D eigenvalue weighted by molar-refractivity contribution is 0.0376. The highest BCUT2D eigenvalue weighted by molar-refractivity contribution is 5.79. The second-order valence-corrected chi connectivity index (χ2v) is 7.22. The number of aliphatic imine (C=N–C) groups is 1. The molecule has 144 valence electrons. The van der Waals surface area contributed by atoms with Crippen LogP contribution in [0.3, 0.4) is 0 Å². The third-order valence-electron chi connectivity index (χ3n) is 5.24. The van der Waals surface area contributed by atoms with Crippen LogP contribution in [0.2, 0.25) is 0 Å². The van der Waals surface area contributed by atoms with Crippen LogP contribution in [-0.2, 0) is 10.2 Å². The van der Waals surface area contributed by atoms with Gasteiger partial charge in [-0.05, 0) is 50.4 Å². The van der Waals surface area contributed by atoms with E-state index in [0.29, 0.717) is 0 Å². The topological polar surface area (TPSA) is 48.9 Å². The Labute approximate surface area is 156 Å². The number of hydrogen-bond donors (Lipinski definition) is 2. The molecule has 0 atom stereocenters. The summed E-state index contributed by atoms with van der Waals surface area (Å²) in [5.74, 6) is 0.700. The molecular formula is C20H31FN4O. The van der Waals surface area contributed by atoms with Crippen LogP contribution >= 0.6 is 0 Å². The van der Waals surface area contributed by atoms with Crippen molar-refractivity contribution in [1.29, 1.82) is 0 Å². The lowest BCUT2D eigenvalue weighted by Crippen LogP contribution is -2.41. The minimum Gasteiger partial charge on any atom is -0.379 e. The predicted molar refractivity (Wildman–Crippen MR) is 103 cm³/mol. The summed E-state index contributed by atoms with van der Waals surface area (Å²) < 4.78 is 18.5. The maximum atomic E-state index is 13.2. The quantitative estimate of drug-likeness (QED) is 0.423. The molecule has 0 spiro atoms. The molecule has 1 aromatic rings. The lowest BCUT2D eigenvalue weighted by Gasteiger charge is -2.26. The normalized spacial score (nSPS) is 20.0. The molecule has 1 aliphatic carbocycles. The summed E-state index contributed by atoms with van der Waals surface area (Å²) in [6, 6.07) is 6.91. The van der Waals surface area contributed by atoms with E-state index in [9.17, 15) is 4.39 Å². The van der Waals surface area contributed by atoms with Gasteiger partial charge in [0.1, 0.15) is 5.82 Å². The molecule has 0 bridgehead atoms. The van der Waals surface area contributed by atoms with Gasteiger partial charge < -0.3 is 15.4 Å². The zero-order valence-corrected chi connectivity index (χ0v) is 15.8. The maximum absolute atomic E-state index is 13.2. The Balaban J connectivity index is 1.46. The van der Waals surface area contributed by atoms with Gasteiger partial charge in [-0.1, -0.05) is 12.1 Å². The number of rotatable bonds is 8. The van der Waals surface area contributed by atoms with E-state index >= 15 is 0 Å². The molecule has 1 saturated carbocycles. The van der Waals surface area contributed by atoms with Crippen LogP contribution in [0.1, 0.15) is 31.7 Å². The number of hydrogen-bond acceptors (Lipinski definition) is 3. The summed E-state index contributed by atoms with van der Waals surface area (Å²) in [4.78, 5) is 7.25. The Morgan fingerprint density at radius 3 is 2.58 bits per heavy atom. The molecule has 1 heterocycles.